The van der Waals surface area contributed by atoms with E-state index in [4.69, 9.17) is 9.47 Å². The molecule has 0 unspecified atom stereocenters. The van der Waals surface area contributed by atoms with Crippen LogP contribution in [0.2, 0.25) is 0 Å². The van der Waals surface area contributed by atoms with E-state index in [-0.39, 0.29) is 24.1 Å². The minimum Gasteiger partial charge on any atom is -0.486 e. The first kappa shape index (κ1) is 20.4. The molecule has 0 spiro atoms. The van der Waals surface area contributed by atoms with Gasteiger partial charge in [-0.1, -0.05) is 12.1 Å². The van der Waals surface area contributed by atoms with Gasteiger partial charge >= 0.3 is 0 Å². The normalized spacial score (nSPS) is 12.4. The van der Waals surface area contributed by atoms with Crippen LogP contribution >= 0.6 is 23.5 Å². The minimum atomic E-state index is -0.221. The van der Waals surface area contributed by atoms with Crippen molar-refractivity contribution in [1.29, 1.82) is 0 Å². The number of likely N-dealkylation sites (N-methyl/N-ethyl adjacent to an activating group) is 1. The monoisotopic (exact) mass is 418 g/mol. The molecule has 0 saturated heterocycles. The van der Waals surface area contributed by atoms with E-state index in [1.54, 1.807) is 18.8 Å². The average Bonchev–Trinajstić information content (AvgIpc) is 2.72. The summed E-state index contributed by atoms with van der Waals surface area (Å²) in [5.41, 5.74) is 0.756. The van der Waals surface area contributed by atoms with Crippen molar-refractivity contribution in [2.75, 3.05) is 44.1 Å². The van der Waals surface area contributed by atoms with E-state index in [1.807, 2.05) is 48.7 Å². The molecule has 1 aliphatic heterocycles. The summed E-state index contributed by atoms with van der Waals surface area (Å²) in [6.07, 6.45) is 1.95. The maximum Gasteiger partial charge on any atom is 0.244 e. The number of rotatable bonds is 7. The molecule has 1 heterocycles. The number of nitrogens with zero attached hydrogens (tertiary/aromatic N) is 1. The van der Waals surface area contributed by atoms with Crippen molar-refractivity contribution in [2.45, 2.75) is 9.79 Å². The molecular weight excluding hydrogens is 396 g/mol. The lowest BCUT2D eigenvalue weighted by atomic mass is 10.3. The molecule has 0 aliphatic carbocycles. The van der Waals surface area contributed by atoms with Gasteiger partial charge in [-0.2, -0.15) is 0 Å². The second-order valence-electron chi connectivity index (χ2n) is 6.09. The van der Waals surface area contributed by atoms with Gasteiger partial charge in [0.05, 0.1) is 18.0 Å². The highest BCUT2D eigenvalue weighted by Crippen LogP contribution is 2.34. The van der Waals surface area contributed by atoms with Gasteiger partial charge < -0.3 is 19.7 Å². The topological polar surface area (TPSA) is 67.9 Å². The van der Waals surface area contributed by atoms with Crippen molar-refractivity contribution >= 4 is 41.0 Å². The lowest BCUT2D eigenvalue weighted by molar-refractivity contribution is -0.131. The average molecular weight is 419 g/mol. The highest BCUT2D eigenvalue weighted by Gasteiger charge is 2.16. The van der Waals surface area contributed by atoms with Gasteiger partial charge in [0.1, 0.15) is 13.2 Å². The van der Waals surface area contributed by atoms with Crippen LogP contribution in [0, 0.1) is 0 Å². The number of para-hydroxylation sites is 1. The van der Waals surface area contributed by atoms with Crippen molar-refractivity contribution in [1.82, 2.24) is 4.90 Å². The number of hydrogen-bond donors (Lipinski definition) is 1. The van der Waals surface area contributed by atoms with Crippen molar-refractivity contribution in [2.24, 2.45) is 0 Å². The molecule has 1 N–H and O–H groups in total. The van der Waals surface area contributed by atoms with Crippen LogP contribution in [-0.4, -0.2) is 55.5 Å². The molecule has 0 aromatic heterocycles. The lowest BCUT2D eigenvalue weighted by Crippen LogP contribution is -2.36. The van der Waals surface area contributed by atoms with Crippen molar-refractivity contribution in [3.8, 4) is 11.5 Å². The van der Waals surface area contributed by atoms with Crippen LogP contribution in [0.15, 0.2) is 52.3 Å². The molecule has 6 nitrogen and oxygen atoms in total. The zero-order valence-corrected chi connectivity index (χ0v) is 17.4. The Kier molecular flexibility index (Phi) is 7.11. The number of amides is 2. The maximum absolute atomic E-state index is 12.4. The third-order valence-corrected chi connectivity index (χ3v) is 5.84. The van der Waals surface area contributed by atoms with Gasteiger partial charge in [0, 0.05) is 16.8 Å². The minimum absolute atomic E-state index is 0.00322. The maximum atomic E-state index is 12.4. The van der Waals surface area contributed by atoms with E-state index in [0.29, 0.717) is 19.0 Å². The Labute approximate surface area is 173 Å². The van der Waals surface area contributed by atoms with Crippen molar-refractivity contribution < 1.29 is 19.1 Å². The number of fused-ring (bicyclic) bond motifs is 1. The van der Waals surface area contributed by atoms with E-state index in [1.165, 1.54) is 16.7 Å². The summed E-state index contributed by atoms with van der Waals surface area (Å²) in [7, 11) is 1.63. The Balaban J connectivity index is 1.49. The summed E-state index contributed by atoms with van der Waals surface area (Å²) in [5.74, 6) is 1.32. The SMILES string of the molecule is CSc1ccccc1NC(=O)CN(C)C(=O)CSc1ccc2c(c1)OCCO2. The molecule has 148 valence electrons. The quantitative estimate of drug-likeness (QED) is 0.696. The summed E-state index contributed by atoms with van der Waals surface area (Å²) in [6, 6.07) is 13.2. The van der Waals surface area contributed by atoms with Crippen LogP contribution in [0.4, 0.5) is 5.69 Å². The van der Waals surface area contributed by atoms with E-state index in [2.05, 4.69) is 5.32 Å². The summed E-state index contributed by atoms with van der Waals surface area (Å²) in [6.45, 7) is 1.08. The van der Waals surface area contributed by atoms with Gasteiger partial charge in [-0.05, 0) is 36.6 Å². The third-order valence-electron chi connectivity index (χ3n) is 4.06. The van der Waals surface area contributed by atoms with Crippen LogP contribution in [0.3, 0.4) is 0 Å². The zero-order valence-electron chi connectivity index (χ0n) is 15.8. The highest BCUT2D eigenvalue weighted by molar-refractivity contribution is 8.00. The summed E-state index contributed by atoms with van der Waals surface area (Å²) >= 11 is 2.97. The molecule has 1 aliphatic rings. The number of ether oxygens (including phenoxy) is 2. The summed E-state index contributed by atoms with van der Waals surface area (Å²) in [5, 5.41) is 2.86. The Morgan fingerprint density at radius 3 is 2.64 bits per heavy atom. The molecule has 0 radical (unpaired) electrons. The van der Waals surface area contributed by atoms with Gasteiger partial charge in [-0.25, -0.2) is 0 Å². The molecular formula is C20H22N2O4S2. The number of carbonyl (C=O) groups excluding carboxylic acids is 2. The first-order valence-corrected chi connectivity index (χ1v) is 11.0. The standard InChI is InChI=1S/C20H22N2O4S2/c1-22(12-19(23)21-15-5-3-4-6-18(15)27-2)20(24)13-28-14-7-8-16-17(11-14)26-10-9-25-16/h3-8,11H,9-10,12-13H2,1-2H3,(H,21,23). The smallest absolute Gasteiger partial charge is 0.244 e. The summed E-state index contributed by atoms with van der Waals surface area (Å²) in [4.78, 5) is 28.0. The number of anilines is 1. The number of carbonyl (C=O) groups is 2. The molecule has 0 bridgehead atoms. The van der Waals surface area contributed by atoms with E-state index >= 15 is 0 Å². The van der Waals surface area contributed by atoms with Gasteiger partial charge in [-0.3, -0.25) is 9.59 Å². The first-order valence-electron chi connectivity index (χ1n) is 8.76. The van der Waals surface area contributed by atoms with Crippen LogP contribution in [0.1, 0.15) is 0 Å². The molecule has 2 aromatic carbocycles. The fourth-order valence-electron chi connectivity index (χ4n) is 2.61. The molecule has 0 saturated carbocycles. The van der Waals surface area contributed by atoms with Gasteiger partial charge in [0.25, 0.3) is 0 Å². The Hall–Kier alpha value is -2.32. The second kappa shape index (κ2) is 9.75. The van der Waals surface area contributed by atoms with E-state index in [9.17, 15) is 9.59 Å². The first-order chi connectivity index (χ1) is 13.6. The fraction of sp³-hybridized carbons (Fsp3) is 0.300. The second-order valence-corrected chi connectivity index (χ2v) is 7.99. The number of benzene rings is 2. The molecule has 3 rings (SSSR count). The zero-order chi connectivity index (χ0) is 19.9. The molecule has 2 aromatic rings. The van der Waals surface area contributed by atoms with Gasteiger partial charge in [0.15, 0.2) is 11.5 Å². The Morgan fingerprint density at radius 2 is 1.86 bits per heavy atom. The molecule has 2 amide bonds. The van der Waals surface area contributed by atoms with Crippen molar-refractivity contribution in [3.63, 3.8) is 0 Å². The molecule has 0 fully saturated rings. The fourth-order valence-corrected chi connectivity index (χ4v) is 4.03. The molecule has 28 heavy (non-hydrogen) atoms. The number of hydrogen-bond acceptors (Lipinski definition) is 6. The predicted molar refractivity (Wildman–Crippen MR) is 113 cm³/mol. The van der Waals surface area contributed by atoms with Gasteiger partial charge in [-0.15, -0.1) is 23.5 Å². The number of nitrogens with one attached hydrogen (secondary N) is 1. The van der Waals surface area contributed by atoms with Crippen LogP contribution in [-0.2, 0) is 9.59 Å². The predicted octanol–water partition coefficient (Wildman–Crippen LogP) is 3.37. The van der Waals surface area contributed by atoms with Crippen LogP contribution < -0.4 is 14.8 Å². The van der Waals surface area contributed by atoms with E-state index in [0.717, 1.165) is 21.2 Å². The Bertz CT molecular complexity index is 860. The number of thioether (sulfide) groups is 2. The third kappa shape index (κ3) is 5.36. The van der Waals surface area contributed by atoms with E-state index < -0.39 is 0 Å². The molecule has 0 atom stereocenters. The van der Waals surface area contributed by atoms with Crippen LogP contribution in [0.25, 0.3) is 0 Å². The highest BCUT2D eigenvalue weighted by atomic mass is 32.2. The summed E-state index contributed by atoms with van der Waals surface area (Å²) < 4.78 is 11.1. The lowest BCUT2D eigenvalue weighted by Gasteiger charge is -2.19. The van der Waals surface area contributed by atoms with Crippen LogP contribution in [0.5, 0.6) is 11.5 Å². The van der Waals surface area contributed by atoms with Gasteiger partial charge in [0.2, 0.25) is 11.8 Å². The van der Waals surface area contributed by atoms with Crippen molar-refractivity contribution in [3.05, 3.63) is 42.5 Å². The largest absolute Gasteiger partial charge is 0.486 e. The Morgan fingerprint density at radius 1 is 1.11 bits per heavy atom. The molecule has 8 heteroatoms.